The van der Waals surface area contributed by atoms with Crippen LogP contribution in [0, 0.1) is 17.7 Å². The van der Waals surface area contributed by atoms with Crippen LogP contribution in [0.4, 0.5) is 4.39 Å². The minimum atomic E-state index is -0.936. The van der Waals surface area contributed by atoms with Gasteiger partial charge in [-0.2, -0.15) is 0 Å². The second-order valence-electron chi connectivity index (χ2n) is 6.74. The van der Waals surface area contributed by atoms with Crippen molar-refractivity contribution in [1.29, 1.82) is 0 Å². The van der Waals surface area contributed by atoms with Gasteiger partial charge in [0, 0.05) is 12.0 Å². The van der Waals surface area contributed by atoms with Crippen molar-refractivity contribution in [3.63, 3.8) is 0 Å². The molecular formula is C18H27FN2O3. The van der Waals surface area contributed by atoms with Crippen LogP contribution in [-0.4, -0.2) is 28.4 Å². The second kappa shape index (κ2) is 9.11. The molecule has 3 unspecified atom stereocenters. The fourth-order valence-electron chi connectivity index (χ4n) is 3.62. The van der Waals surface area contributed by atoms with Crippen LogP contribution in [0.25, 0.3) is 0 Å². The predicted molar refractivity (Wildman–Crippen MR) is 88.7 cm³/mol. The molecule has 5 nitrogen and oxygen atoms in total. The first-order valence-electron chi connectivity index (χ1n) is 8.64. The topological polar surface area (TPSA) is 95.6 Å². The van der Waals surface area contributed by atoms with Gasteiger partial charge in [0.05, 0.1) is 6.10 Å². The van der Waals surface area contributed by atoms with Crippen molar-refractivity contribution in [2.45, 2.75) is 57.1 Å². The summed E-state index contributed by atoms with van der Waals surface area (Å²) < 4.78 is 13.7. The van der Waals surface area contributed by atoms with Gasteiger partial charge in [0.25, 0.3) is 0 Å². The molecule has 0 spiro atoms. The fourth-order valence-corrected chi connectivity index (χ4v) is 3.62. The van der Waals surface area contributed by atoms with E-state index in [9.17, 15) is 14.3 Å². The molecule has 1 amide bonds. The van der Waals surface area contributed by atoms with Crippen LogP contribution in [0.5, 0.6) is 0 Å². The number of carbonyl (C=O) groups excluding carboxylic acids is 1. The molecular weight excluding hydrogens is 311 g/mol. The van der Waals surface area contributed by atoms with E-state index in [0.29, 0.717) is 5.56 Å². The van der Waals surface area contributed by atoms with Crippen LogP contribution in [0.15, 0.2) is 24.3 Å². The molecule has 6 heteroatoms. The zero-order valence-electron chi connectivity index (χ0n) is 13.8. The Bertz CT molecular complexity index is 535. The number of carbonyl (C=O) groups is 1. The lowest BCUT2D eigenvalue weighted by molar-refractivity contribution is -0.137. The number of benzene rings is 1. The standard InChI is InChI=1S/C18H27FN2O3/c19-15-9-5-4-8-13(15)10-16(20)17(22)11-14(18(23)21-24)12-6-2-1-3-7-12/h4-5,8-9,12,14,16-17,22,24H,1-3,6-7,10-11,20H2,(H,21,23). The van der Waals surface area contributed by atoms with Gasteiger partial charge >= 0.3 is 0 Å². The molecule has 2 rings (SSSR count). The molecule has 1 aliphatic carbocycles. The fraction of sp³-hybridized carbons (Fsp3) is 0.611. The molecule has 1 saturated carbocycles. The minimum Gasteiger partial charge on any atom is -0.391 e. The maximum atomic E-state index is 13.7. The molecule has 1 fully saturated rings. The van der Waals surface area contributed by atoms with E-state index in [1.54, 1.807) is 23.7 Å². The normalized spacial score (nSPS) is 19.5. The Morgan fingerprint density at radius 1 is 1.29 bits per heavy atom. The van der Waals surface area contributed by atoms with Gasteiger partial charge in [-0.3, -0.25) is 10.0 Å². The summed E-state index contributed by atoms with van der Waals surface area (Å²) in [5.74, 6) is -1.16. The Morgan fingerprint density at radius 3 is 2.58 bits per heavy atom. The Kier molecular flexibility index (Phi) is 7.15. The lowest BCUT2D eigenvalue weighted by Gasteiger charge is -2.31. The maximum absolute atomic E-state index is 13.7. The number of nitrogens with one attached hydrogen (secondary N) is 1. The third kappa shape index (κ3) is 5.00. The van der Waals surface area contributed by atoms with Gasteiger partial charge in [-0.15, -0.1) is 0 Å². The highest BCUT2D eigenvalue weighted by atomic mass is 19.1. The number of hydroxylamine groups is 1. The average Bonchev–Trinajstić information content (AvgIpc) is 2.61. The van der Waals surface area contributed by atoms with E-state index in [1.807, 2.05) is 0 Å². The first kappa shape index (κ1) is 18.8. The molecule has 0 heterocycles. The third-order valence-corrected chi connectivity index (χ3v) is 5.07. The van der Waals surface area contributed by atoms with Crippen LogP contribution in [0.3, 0.4) is 0 Å². The maximum Gasteiger partial charge on any atom is 0.246 e. The summed E-state index contributed by atoms with van der Waals surface area (Å²) in [7, 11) is 0. The first-order valence-corrected chi connectivity index (χ1v) is 8.64. The average molecular weight is 338 g/mol. The van der Waals surface area contributed by atoms with Crippen LogP contribution >= 0.6 is 0 Å². The third-order valence-electron chi connectivity index (χ3n) is 5.07. The molecule has 1 aromatic rings. The SMILES string of the molecule is NC(Cc1ccccc1F)C(O)CC(C(=O)NO)C1CCCCC1. The largest absolute Gasteiger partial charge is 0.391 e. The molecule has 1 aromatic carbocycles. The Morgan fingerprint density at radius 2 is 1.96 bits per heavy atom. The number of hydrogen-bond donors (Lipinski definition) is 4. The summed E-state index contributed by atoms with van der Waals surface area (Å²) in [5, 5.41) is 19.4. The molecule has 0 saturated heterocycles. The van der Waals surface area contributed by atoms with Gasteiger partial charge in [-0.1, -0.05) is 37.5 Å². The highest BCUT2D eigenvalue weighted by molar-refractivity contribution is 5.77. The van der Waals surface area contributed by atoms with Crippen molar-refractivity contribution < 1.29 is 19.5 Å². The molecule has 0 aromatic heterocycles. The van der Waals surface area contributed by atoms with Gasteiger partial charge < -0.3 is 10.8 Å². The Labute approximate surface area is 142 Å². The first-order chi connectivity index (χ1) is 11.5. The predicted octanol–water partition coefficient (Wildman–Crippen LogP) is 2.15. The minimum absolute atomic E-state index is 0.140. The highest BCUT2D eigenvalue weighted by Crippen LogP contribution is 2.33. The van der Waals surface area contributed by atoms with Crippen molar-refractivity contribution in [3.05, 3.63) is 35.6 Å². The number of halogens is 1. The molecule has 24 heavy (non-hydrogen) atoms. The van der Waals surface area contributed by atoms with Gasteiger partial charge in [0.1, 0.15) is 5.82 Å². The van der Waals surface area contributed by atoms with Gasteiger partial charge in [-0.05, 0) is 43.2 Å². The summed E-state index contributed by atoms with van der Waals surface area (Å²) >= 11 is 0. The summed E-state index contributed by atoms with van der Waals surface area (Å²) in [6, 6.07) is 5.66. The number of aliphatic hydroxyl groups is 1. The molecule has 0 radical (unpaired) electrons. The molecule has 134 valence electrons. The van der Waals surface area contributed by atoms with Crippen molar-refractivity contribution in [3.8, 4) is 0 Å². The number of rotatable bonds is 7. The van der Waals surface area contributed by atoms with Crippen LogP contribution < -0.4 is 11.2 Å². The van der Waals surface area contributed by atoms with Crippen molar-refractivity contribution in [2.24, 2.45) is 17.6 Å². The van der Waals surface area contributed by atoms with Crippen molar-refractivity contribution in [2.75, 3.05) is 0 Å². The molecule has 0 bridgehead atoms. The van der Waals surface area contributed by atoms with Gasteiger partial charge in [0.15, 0.2) is 0 Å². The smallest absolute Gasteiger partial charge is 0.246 e. The summed E-state index contributed by atoms with van der Waals surface area (Å²) in [6.45, 7) is 0. The summed E-state index contributed by atoms with van der Waals surface area (Å²) in [6.07, 6.45) is 4.52. The highest BCUT2D eigenvalue weighted by Gasteiger charge is 2.32. The van der Waals surface area contributed by atoms with Gasteiger partial charge in [-0.25, -0.2) is 9.87 Å². The van der Waals surface area contributed by atoms with Crippen LogP contribution in [-0.2, 0) is 11.2 Å². The zero-order chi connectivity index (χ0) is 17.5. The lowest BCUT2D eigenvalue weighted by Crippen LogP contribution is -2.43. The Hall–Kier alpha value is -1.50. The number of hydrogen-bond acceptors (Lipinski definition) is 4. The second-order valence-corrected chi connectivity index (χ2v) is 6.74. The van der Waals surface area contributed by atoms with E-state index >= 15 is 0 Å². The van der Waals surface area contributed by atoms with Gasteiger partial charge in [0.2, 0.25) is 5.91 Å². The van der Waals surface area contributed by atoms with Crippen molar-refractivity contribution in [1.82, 2.24) is 5.48 Å². The van der Waals surface area contributed by atoms with E-state index in [0.717, 1.165) is 32.1 Å². The lowest BCUT2D eigenvalue weighted by atomic mass is 9.76. The number of nitrogens with two attached hydrogens (primary N) is 1. The number of aliphatic hydroxyl groups excluding tert-OH is 1. The quantitative estimate of drug-likeness (QED) is 0.452. The zero-order valence-corrected chi connectivity index (χ0v) is 13.8. The molecule has 3 atom stereocenters. The Balaban J connectivity index is 1.99. The van der Waals surface area contributed by atoms with Crippen LogP contribution in [0.2, 0.25) is 0 Å². The molecule has 5 N–H and O–H groups in total. The molecule has 0 aliphatic heterocycles. The van der Waals surface area contributed by atoms with Crippen molar-refractivity contribution >= 4 is 5.91 Å². The summed E-state index contributed by atoms with van der Waals surface area (Å²) in [5.41, 5.74) is 8.19. The van der Waals surface area contributed by atoms with E-state index in [2.05, 4.69) is 0 Å². The monoisotopic (exact) mass is 338 g/mol. The summed E-state index contributed by atoms with van der Waals surface area (Å²) in [4.78, 5) is 12.0. The van der Waals surface area contributed by atoms with E-state index in [4.69, 9.17) is 10.9 Å². The molecule has 1 aliphatic rings. The van der Waals surface area contributed by atoms with E-state index in [-0.39, 0.29) is 24.6 Å². The van der Waals surface area contributed by atoms with E-state index in [1.165, 1.54) is 6.07 Å². The van der Waals surface area contributed by atoms with E-state index < -0.39 is 24.0 Å². The van der Waals surface area contributed by atoms with Crippen LogP contribution in [0.1, 0.15) is 44.1 Å². The number of amides is 1.